The number of methoxy groups -OCH3 is 1. The van der Waals surface area contributed by atoms with E-state index in [0.29, 0.717) is 6.04 Å². The number of nitrogens with one attached hydrogen (secondary N) is 1. The molecule has 84 valence electrons. The van der Waals surface area contributed by atoms with Gasteiger partial charge in [-0.3, -0.25) is 4.79 Å². The number of unbranched alkanes of at least 4 members (excludes halogenated alkanes) is 1. The van der Waals surface area contributed by atoms with E-state index >= 15 is 0 Å². The number of hydrogen-bond acceptors (Lipinski definition) is 3. The van der Waals surface area contributed by atoms with Crippen molar-refractivity contribution in [2.45, 2.75) is 38.6 Å². The highest BCUT2D eigenvalue weighted by Gasteiger charge is 2.03. The van der Waals surface area contributed by atoms with Gasteiger partial charge in [0.1, 0.15) is 0 Å². The van der Waals surface area contributed by atoms with Crippen LogP contribution in [-0.2, 0) is 9.53 Å². The Labute approximate surface area is 85.6 Å². The zero-order valence-corrected chi connectivity index (χ0v) is 9.08. The first-order valence-electron chi connectivity index (χ1n) is 5.14. The van der Waals surface area contributed by atoms with Crippen LogP contribution >= 0.6 is 0 Å². The highest BCUT2D eigenvalue weighted by Crippen LogP contribution is 1.96. The van der Waals surface area contributed by atoms with Gasteiger partial charge >= 0.3 is 5.97 Å². The van der Waals surface area contributed by atoms with Gasteiger partial charge in [-0.15, -0.1) is 0 Å². The van der Waals surface area contributed by atoms with Crippen molar-refractivity contribution in [1.82, 2.24) is 5.32 Å². The summed E-state index contributed by atoms with van der Waals surface area (Å²) in [5.41, 5.74) is 0. The Kier molecular flexibility index (Phi) is 8.57. The van der Waals surface area contributed by atoms with Gasteiger partial charge in [-0.2, -0.15) is 0 Å². The number of ether oxygens (including phenoxy) is 1. The van der Waals surface area contributed by atoms with Crippen molar-refractivity contribution in [1.29, 1.82) is 0 Å². The SMILES string of the molecule is CCC(COC)NCCCCC(=O)O. The maximum atomic E-state index is 10.2. The smallest absolute Gasteiger partial charge is 0.303 e. The summed E-state index contributed by atoms with van der Waals surface area (Å²) in [4.78, 5) is 10.2. The fourth-order valence-electron chi connectivity index (χ4n) is 1.23. The predicted molar refractivity (Wildman–Crippen MR) is 55.4 cm³/mol. The number of hydrogen-bond donors (Lipinski definition) is 2. The molecule has 2 N–H and O–H groups in total. The summed E-state index contributed by atoms with van der Waals surface area (Å²) in [6.45, 7) is 3.69. The second-order valence-electron chi connectivity index (χ2n) is 3.37. The molecule has 4 heteroatoms. The molecule has 0 amide bonds. The molecule has 1 unspecified atom stereocenters. The van der Waals surface area contributed by atoms with Crippen molar-refractivity contribution >= 4 is 5.97 Å². The Morgan fingerprint density at radius 2 is 2.21 bits per heavy atom. The molecule has 0 bridgehead atoms. The Morgan fingerprint density at radius 1 is 1.50 bits per heavy atom. The summed E-state index contributed by atoms with van der Waals surface area (Å²) in [6.07, 6.45) is 2.95. The minimum absolute atomic E-state index is 0.267. The summed E-state index contributed by atoms with van der Waals surface area (Å²) >= 11 is 0. The Balaban J connectivity index is 3.28. The number of carbonyl (C=O) groups is 1. The first kappa shape index (κ1) is 13.4. The quantitative estimate of drug-likeness (QED) is 0.554. The highest BCUT2D eigenvalue weighted by molar-refractivity contribution is 5.66. The molecule has 0 aromatic rings. The lowest BCUT2D eigenvalue weighted by atomic mass is 10.2. The maximum Gasteiger partial charge on any atom is 0.303 e. The fourth-order valence-corrected chi connectivity index (χ4v) is 1.23. The summed E-state index contributed by atoms with van der Waals surface area (Å²) in [7, 11) is 1.69. The molecule has 0 saturated heterocycles. The molecule has 0 radical (unpaired) electrons. The molecule has 0 aromatic carbocycles. The van der Waals surface area contributed by atoms with Gasteiger partial charge < -0.3 is 15.2 Å². The van der Waals surface area contributed by atoms with Crippen molar-refractivity contribution in [3.05, 3.63) is 0 Å². The number of carboxylic acid groups (broad SMARTS) is 1. The van der Waals surface area contributed by atoms with Crippen LogP contribution in [0.3, 0.4) is 0 Å². The van der Waals surface area contributed by atoms with Crippen LogP contribution in [0.5, 0.6) is 0 Å². The number of rotatable bonds is 9. The zero-order chi connectivity index (χ0) is 10.8. The molecule has 14 heavy (non-hydrogen) atoms. The number of carboxylic acids is 1. The molecule has 0 rings (SSSR count). The zero-order valence-electron chi connectivity index (χ0n) is 9.08. The summed E-state index contributed by atoms with van der Waals surface area (Å²) in [5, 5.41) is 11.7. The molecule has 4 nitrogen and oxygen atoms in total. The Hall–Kier alpha value is -0.610. The monoisotopic (exact) mass is 203 g/mol. The van der Waals surface area contributed by atoms with Gasteiger partial charge in [0.2, 0.25) is 0 Å². The van der Waals surface area contributed by atoms with Crippen LogP contribution in [0.15, 0.2) is 0 Å². The summed E-state index contributed by atoms with van der Waals surface area (Å²) in [5.74, 6) is -0.714. The fraction of sp³-hybridized carbons (Fsp3) is 0.900. The molecular weight excluding hydrogens is 182 g/mol. The second kappa shape index (κ2) is 8.97. The van der Waals surface area contributed by atoms with Crippen LogP contribution in [0.1, 0.15) is 32.6 Å². The van der Waals surface area contributed by atoms with Gasteiger partial charge in [0.05, 0.1) is 6.61 Å². The number of aliphatic carboxylic acids is 1. The van der Waals surface area contributed by atoms with E-state index in [-0.39, 0.29) is 6.42 Å². The minimum atomic E-state index is -0.714. The molecule has 0 aliphatic carbocycles. The molecule has 0 heterocycles. The van der Waals surface area contributed by atoms with E-state index in [9.17, 15) is 4.79 Å². The van der Waals surface area contributed by atoms with E-state index in [4.69, 9.17) is 9.84 Å². The van der Waals surface area contributed by atoms with Crippen LogP contribution in [0.2, 0.25) is 0 Å². The van der Waals surface area contributed by atoms with Gasteiger partial charge in [-0.05, 0) is 25.8 Å². The van der Waals surface area contributed by atoms with Crippen molar-refractivity contribution in [2.24, 2.45) is 0 Å². The van der Waals surface area contributed by atoms with Crippen LogP contribution < -0.4 is 5.32 Å². The normalized spacial score (nSPS) is 12.7. The van der Waals surface area contributed by atoms with Crippen molar-refractivity contribution < 1.29 is 14.6 Å². The average Bonchev–Trinajstić information content (AvgIpc) is 2.15. The van der Waals surface area contributed by atoms with Crippen LogP contribution in [0, 0.1) is 0 Å². The minimum Gasteiger partial charge on any atom is -0.481 e. The lowest BCUT2D eigenvalue weighted by Crippen LogP contribution is -2.33. The van der Waals surface area contributed by atoms with Crippen molar-refractivity contribution in [3.8, 4) is 0 Å². The molecule has 0 aliphatic rings. The predicted octanol–water partition coefficient (Wildman–Crippen LogP) is 1.26. The summed E-state index contributed by atoms with van der Waals surface area (Å²) < 4.78 is 5.03. The van der Waals surface area contributed by atoms with E-state index in [1.165, 1.54) is 0 Å². The van der Waals surface area contributed by atoms with Gasteiger partial charge in [0.15, 0.2) is 0 Å². The van der Waals surface area contributed by atoms with Crippen LogP contribution in [-0.4, -0.2) is 37.4 Å². The molecule has 0 aliphatic heterocycles. The second-order valence-corrected chi connectivity index (χ2v) is 3.37. The topological polar surface area (TPSA) is 58.6 Å². The molecule has 0 aromatic heterocycles. The Bertz CT molecular complexity index is 150. The van der Waals surface area contributed by atoms with E-state index < -0.39 is 5.97 Å². The van der Waals surface area contributed by atoms with Gasteiger partial charge in [-0.25, -0.2) is 0 Å². The average molecular weight is 203 g/mol. The van der Waals surface area contributed by atoms with Gasteiger partial charge in [-0.1, -0.05) is 6.92 Å². The standard InChI is InChI=1S/C10H21NO3/c1-3-9(8-14-2)11-7-5-4-6-10(12)13/h9,11H,3-8H2,1-2H3,(H,12,13). The molecular formula is C10H21NO3. The lowest BCUT2D eigenvalue weighted by molar-refractivity contribution is -0.137. The third kappa shape index (κ3) is 8.01. The van der Waals surface area contributed by atoms with Gasteiger partial charge in [0, 0.05) is 19.6 Å². The van der Waals surface area contributed by atoms with Gasteiger partial charge in [0.25, 0.3) is 0 Å². The van der Waals surface area contributed by atoms with Crippen molar-refractivity contribution in [3.63, 3.8) is 0 Å². The molecule has 1 atom stereocenters. The highest BCUT2D eigenvalue weighted by atomic mass is 16.5. The summed E-state index contributed by atoms with van der Waals surface area (Å²) in [6, 6.07) is 0.393. The molecule has 0 saturated carbocycles. The van der Waals surface area contributed by atoms with E-state index in [2.05, 4.69) is 12.2 Å². The van der Waals surface area contributed by atoms with E-state index in [1.54, 1.807) is 7.11 Å². The van der Waals surface area contributed by atoms with E-state index in [0.717, 1.165) is 32.4 Å². The third-order valence-corrected chi connectivity index (χ3v) is 2.11. The van der Waals surface area contributed by atoms with Crippen LogP contribution in [0.4, 0.5) is 0 Å². The first-order chi connectivity index (χ1) is 6.70. The van der Waals surface area contributed by atoms with Crippen molar-refractivity contribution in [2.75, 3.05) is 20.3 Å². The molecule has 0 fully saturated rings. The Morgan fingerprint density at radius 3 is 2.71 bits per heavy atom. The first-order valence-corrected chi connectivity index (χ1v) is 5.14. The third-order valence-electron chi connectivity index (χ3n) is 2.11. The maximum absolute atomic E-state index is 10.2. The lowest BCUT2D eigenvalue weighted by Gasteiger charge is -2.15. The van der Waals surface area contributed by atoms with E-state index in [1.807, 2.05) is 0 Å². The largest absolute Gasteiger partial charge is 0.481 e. The molecule has 0 spiro atoms. The van der Waals surface area contributed by atoms with Crippen LogP contribution in [0.25, 0.3) is 0 Å².